The molecular weight excluding hydrogens is 348 g/mol. The van der Waals surface area contributed by atoms with Crippen molar-refractivity contribution in [2.24, 2.45) is 0 Å². The number of amides is 1. The molecule has 0 fully saturated rings. The molecule has 0 aromatic heterocycles. The molecule has 0 saturated carbocycles. The molecule has 2 aromatic rings. The molecule has 0 aliphatic rings. The number of benzene rings is 2. The predicted octanol–water partition coefficient (Wildman–Crippen LogP) is 4.02. The van der Waals surface area contributed by atoms with Crippen LogP contribution in [0.4, 0.5) is 11.4 Å². The smallest absolute Gasteiger partial charge is 0.255 e. The molecule has 2 rings (SSSR count). The third kappa shape index (κ3) is 5.40. The van der Waals surface area contributed by atoms with E-state index in [9.17, 15) is 13.2 Å². The molecule has 0 aliphatic carbocycles. The Labute approximate surface area is 146 Å². The van der Waals surface area contributed by atoms with E-state index in [0.29, 0.717) is 22.0 Å². The Morgan fingerprint density at radius 3 is 2.42 bits per heavy atom. The molecule has 0 radical (unpaired) electrons. The summed E-state index contributed by atoms with van der Waals surface area (Å²) in [6.07, 6.45) is 1.48. The number of halogens is 1. The van der Waals surface area contributed by atoms with Gasteiger partial charge in [0.1, 0.15) is 0 Å². The average Bonchev–Trinajstić information content (AvgIpc) is 2.49. The highest BCUT2D eigenvalue weighted by Crippen LogP contribution is 2.22. The third-order valence-electron chi connectivity index (χ3n) is 3.12. The highest BCUT2D eigenvalue weighted by atomic mass is 35.5. The molecular formula is C17H17ClN2O3S. The topological polar surface area (TPSA) is 75.3 Å². The molecule has 126 valence electrons. The number of hydrogen-bond donors (Lipinski definition) is 2. The van der Waals surface area contributed by atoms with Gasteiger partial charge in [-0.05, 0) is 48.4 Å². The summed E-state index contributed by atoms with van der Waals surface area (Å²) >= 11 is 5.79. The first kappa shape index (κ1) is 18.0. The van der Waals surface area contributed by atoms with Crippen LogP contribution in [0, 0.1) is 6.92 Å². The lowest BCUT2D eigenvalue weighted by Gasteiger charge is -2.10. The molecule has 1 amide bonds. The van der Waals surface area contributed by atoms with Crippen LogP contribution in [0.5, 0.6) is 0 Å². The van der Waals surface area contributed by atoms with Gasteiger partial charge in [-0.1, -0.05) is 29.8 Å². The van der Waals surface area contributed by atoms with Crippen molar-refractivity contribution in [3.05, 3.63) is 64.0 Å². The van der Waals surface area contributed by atoms with E-state index in [1.807, 2.05) is 0 Å². The minimum atomic E-state index is -3.69. The Kier molecular flexibility index (Phi) is 5.64. The van der Waals surface area contributed by atoms with Crippen LogP contribution in [0.15, 0.2) is 47.9 Å². The van der Waals surface area contributed by atoms with Gasteiger partial charge in [-0.15, -0.1) is 0 Å². The Balaban J connectivity index is 2.19. The van der Waals surface area contributed by atoms with Crippen molar-refractivity contribution in [2.45, 2.75) is 13.8 Å². The van der Waals surface area contributed by atoms with Crippen LogP contribution < -0.4 is 10.0 Å². The Morgan fingerprint density at radius 2 is 1.79 bits per heavy atom. The van der Waals surface area contributed by atoms with Gasteiger partial charge in [-0.25, -0.2) is 8.42 Å². The monoisotopic (exact) mass is 364 g/mol. The fourth-order valence-corrected chi connectivity index (χ4v) is 3.00. The van der Waals surface area contributed by atoms with Crippen molar-refractivity contribution in [3.8, 4) is 0 Å². The molecule has 0 spiro atoms. The van der Waals surface area contributed by atoms with Gasteiger partial charge in [-0.2, -0.15) is 0 Å². The van der Waals surface area contributed by atoms with Gasteiger partial charge in [0.15, 0.2) is 0 Å². The fourth-order valence-electron chi connectivity index (χ4n) is 1.94. The molecule has 0 atom stereocenters. The van der Waals surface area contributed by atoms with Crippen LogP contribution in [-0.2, 0) is 14.8 Å². The van der Waals surface area contributed by atoms with Crippen LogP contribution >= 0.6 is 11.6 Å². The summed E-state index contributed by atoms with van der Waals surface area (Å²) in [6.45, 7) is 3.16. The van der Waals surface area contributed by atoms with Gasteiger partial charge in [0.25, 0.3) is 10.0 Å². The van der Waals surface area contributed by atoms with Crippen molar-refractivity contribution in [1.29, 1.82) is 0 Å². The zero-order valence-electron chi connectivity index (χ0n) is 13.2. The molecule has 2 N–H and O–H groups in total. The SMILES string of the molecule is CC(=O)Nc1ccc(C)c(NS(=O)(=O)C=Cc2ccc(Cl)cc2)c1. The lowest BCUT2D eigenvalue weighted by Crippen LogP contribution is -2.11. The first-order chi connectivity index (χ1) is 11.2. The average molecular weight is 365 g/mol. The second-order valence-electron chi connectivity index (χ2n) is 5.21. The minimum absolute atomic E-state index is 0.227. The number of carbonyl (C=O) groups excluding carboxylic acids is 1. The first-order valence-corrected chi connectivity index (χ1v) is 9.02. The second kappa shape index (κ2) is 7.51. The molecule has 0 saturated heterocycles. The summed E-state index contributed by atoms with van der Waals surface area (Å²) in [7, 11) is -3.69. The molecule has 2 aromatic carbocycles. The van der Waals surface area contributed by atoms with Gasteiger partial charge < -0.3 is 5.32 Å². The molecule has 7 heteroatoms. The summed E-state index contributed by atoms with van der Waals surface area (Å²) in [5, 5.41) is 4.28. The summed E-state index contributed by atoms with van der Waals surface area (Å²) in [4.78, 5) is 11.1. The van der Waals surface area contributed by atoms with Crippen LogP contribution in [-0.4, -0.2) is 14.3 Å². The number of sulfonamides is 1. The number of nitrogens with one attached hydrogen (secondary N) is 2. The van der Waals surface area contributed by atoms with E-state index in [1.165, 1.54) is 13.0 Å². The first-order valence-electron chi connectivity index (χ1n) is 7.10. The van der Waals surface area contributed by atoms with E-state index in [4.69, 9.17) is 11.6 Å². The van der Waals surface area contributed by atoms with Crippen LogP contribution in [0.1, 0.15) is 18.1 Å². The fraction of sp³-hybridized carbons (Fsp3) is 0.118. The Morgan fingerprint density at radius 1 is 1.12 bits per heavy atom. The zero-order chi connectivity index (χ0) is 17.7. The lowest BCUT2D eigenvalue weighted by molar-refractivity contribution is -0.114. The molecule has 5 nitrogen and oxygen atoms in total. The van der Waals surface area contributed by atoms with Crippen molar-refractivity contribution in [2.75, 3.05) is 10.0 Å². The normalized spacial score (nSPS) is 11.5. The Bertz CT molecular complexity index is 875. The number of aryl methyl sites for hydroxylation is 1. The zero-order valence-corrected chi connectivity index (χ0v) is 14.8. The summed E-state index contributed by atoms with van der Waals surface area (Å²) < 4.78 is 26.9. The van der Waals surface area contributed by atoms with Crippen molar-refractivity contribution < 1.29 is 13.2 Å². The van der Waals surface area contributed by atoms with Gasteiger partial charge >= 0.3 is 0 Å². The van der Waals surface area contributed by atoms with Crippen LogP contribution in [0.3, 0.4) is 0 Å². The number of rotatable bonds is 5. The number of carbonyl (C=O) groups is 1. The quantitative estimate of drug-likeness (QED) is 0.841. The lowest BCUT2D eigenvalue weighted by atomic mass is 10.2. The largest absolute Gasteiger partial charge is 0.326 e. The van der Waals surface area contributed by atoms with E-state index >= 15 is 0 Å². The predicted molar refractivity (Wildman–Crippen MR) is 98.5 cm³/mol. The Hall–Kier alpha value is -2.31. The van der Waals surface area contributed by atoms with Crippen LogP contribution in [0.2, 0.25) is 5.02 Å². The minimum Gasteiger partial charge on any atom is -0.326 e. The molecule has 0 heterocycles. The summed E-state index contributed by atoms with van der Waals surface area (Å²) in [5.41, 5.74) is 2.38. The highest BCUT2D eigenvalue weighted by molar-refractivity contribution is 7.95. The standard InChI is InChI=1S/C17H17ClN2O3S/c1-12-3-8-16(19-13(2)21)11-17(12)20-24(22,23)10-9-14-4-6-15(18)7-5-14/h3-11,20H,1-2H3,(H,19,21). The van der Waals surface area contributed by atoms with Crippen molar-refractivity contribution >= 4 is 45.0 Å². The molecule has 0 aliphatic heterocycles. The maximum atomic E-state index is 12.2. The van der Waals surface area contributed by atoms with Gasteiger partial charge in [0.05, 0.1) is 11.1 Å². The van der Waals surface area contributed by atoms with Gasteiger partial charge in [0.2, 0.25) is 5.91 Å². The second-order valence-corrected chi connectivity index (χ2v) is 7.22. The van der Waals surface area contributed by atoms with E-state index in [0.717, 1.165) is 11.0 Å². The van der Waals surface area contributed by atoms with Crippen molar-refractivity contribution in [3.63, 3.8) is 0 Å². The van der Waals surface area contributed by atoms with E-state index < -0.39 is 10.0 Å². The maximum Gasteiger partial charge on any atom is 0.255 e. The van der Waals surface area contributed by atoms with Gasteiger partial charge in [-0.3, -0.25) is 9.52 Å². The van der Waals surface area contributed by atoms with Crippen LogP contribution in [0.25, 0.3) is 6.08 Å². The highest BCUT2D eigenvalue weighted by Gasteiger charge is 2.09. The number of hydrogen-bond acceptors (Lipinski definition) is 3. The molecule has 0 bridgehead atoms. The summed E-state index contributed by atoms with van der Waals surface area (Å²) in [6, 6.07) is 11.8. The van der Waals surface area contributed by atoms with E-state index in [-0.39, 0.29) is 5.91 Å². The van der Waals surface area contributed by atoms with Gasteiger partial charge in [0, 0.05) is 17.6 Å². The van der Waals surface area contributed by atoms with E-state index in [2.05, 4.69) is 10.0 Å². The van der Waals surface area contributed by atoms with Crippen molar-refractivity contribution in [1.82, 2.24) is 0 Å². The maximum absolute atomic E-state index is 12.2. The van der Waals surface area contributed by atoms with E-state index in [1.54, 1.807) is 49.4 Å². The number of anilines is 2. The molecule has 0 unspecified atom stereocenters. The summed E-state index contributed by atoms with van der Waals surface area (Å²) in [5.74, 6) is -0.227. The molecule has 24 heavy (non-hydrogen) atoms. The third-order valence-corrected chi connectivity index (χ3v) is 4.37.